The van der Waals surface area contributed by atoms with Gasteiger partial charge in [-0.1, -0.05) is 0 Å². The van der Waals surface area contributed by atoms with E-state index in [0.717, 1.165) is 24.3 Å². The molecule has 2 aromatic rings. The molecule has 0 bridgehead atoms. The van der Waals surface area contributed by atoms with Crippen LogP contribution in [0.25, 0.3) is 11.3 Å². The van der Waals surface area contributed by atoms with Crippen LogP contribution in [0.5, 0.6) is 0 Å². The average molecular weight is 270 g/mol. The lowest BCUT2D eigenvalue weighted by Crippen LogP contribution is -2.38. The number of furan rings is 1. The number of hydrogen-bond donors (Lipinski definition) is 1. The standard InChI is InChI=1S/C16H18N2O2/c1-10(19)15-5-6-16(20-15)13-3-4-14-12(9-13)7-8-18(14)11(2)17/h3-6,9,11H,7-8,17H2,1-2H3. The summed E-state index contributed by atoms with van der Waals surface area (Å²) in [4.78, 5) is 13.5. The molecule has 0 amide bonds. The van der Waals surface area contributed by atoms with Crippen molar-refractivity contribution in [3.05, 3.63) is 41.7 Å². The van der Waals surface area contributed by atoms with E-state index in [1.165, 1.54) is 18.2 Å². The Morgan fingerprint density at radius 1 is 1.35 bits per heavy atom. The molecular formula is C16H18N2O2. The largest absolute Gasteiger partial charge is 0.453 e. The van der Waals surface area contributed by atoms with Crippen LogP contribution < -0.4 is 10.6 Å². The van der Waals surface area contributed by atoms with Crippen molar-refractivity contribution in [3.8, 4) is 11.3 Å². The summed E-state index contributed by atoms with van der Waals surface area (Å²) in [5.74, 6) is 1.08. The molecule has 0 saturated heterocycles. The van der Waals surface area contributed by atoms with Gasteiger partial charge in [0.2, 0.25) is 0 Å². The fourth-order valence-electron chi connectivity index (χ4n) is 2.69. The number of anilines is 1. The van der Waals surface area contributed by atoms with E-state index in [1.807, 2.05) is 19.1 Å². The maximum atomic E-state index is 11.3. The van der Waals surface area contributed by atoms with Gasteiger partial charge in [-0.05, 0) is 49.2 Å². The second-order valence-corrected chi connectivity index (χ2v) is 5.25. The molecule has 2 N–H and O–H groups in total. The van der Waals surface area contributed by atoms with Crippen molar-refractivity contribution in [3.63, 3.8) is 0 Å². The molecule has 1 unspecified atom stereocenters. The Labute approximate surface area is 118 Å². The van der Waals surface area contributed by atoms with Crippen LogP contribution in [-0.2, 0) is 6.42 Å². The maximum absolute atomic E-state index is 11.3. The van der Waals surface area contributed by atoms with E-state index in [0.29, 0.717) is 5.76 Å². The quantitative estimate of drug-likeness (QED) is 0.871. The van der Waals surface area contributed by atoms with E-state index < -0.39 is 0 Å². The van der Waals surface area contributed by atoms with Crippen molar-refractivity contribution in [2.45, 2.75) is 26.4 Å². The van der Waals surface area contributed by atoms with Crippen molar-refractivity contribution in [2.24, 2.45) is 5.73 Å². The molecule has 0 saturated carbocycles. The highest BCUT2D eigenvalue weighted by molar-refractivity contribution is 5.91. The lowest BCUT2D eigenvalue weighted by atomic mass is 10.1. The molecule has 4 heteroatoms. The number of fused-ring (bicyclic) bond motifs is 1. The van der Waals surface area contributed by atoms with Gasteiger partial charge in [-0.3, -0.25) is 4.79 Å². The lowest BCUT2D eigenvalue weighted by Gasteiger charge is -2.23. The highest BCUT2D eigenvalue weighted by Crippen LogP contribution is 2.33. The Kier molecular flexibility index (Phi) is 3.10. The number of hydrogen-bond acceptors (Lipinski definition) is 4. The molecule has 104 valence electrons. The molecule has 4 nitrogen and oxygen atoms in total. The fraction of sp³-hybridized carbons (Fsp3) is 0.312. The van der Waals surface area contributed by atoms with E-state index in [-0.39, 0.29) is 11.9 Å². The van der Waals surface area contributed by atoms with Gasteiger partial charge < -0.3 is 15.1 Å². The molecule has 0 aliphatic carbocycles. The van der Waals surface area contributed by atoms with Crippen molar-refractivity contribution < 1.29 is 9.21 Å². The third-order valence-electron chi connectivity index (χ3n) is 3.74. The zero-order valence-electron chi connectivity index (χ0n) is 11.7. The topological polar surface area (TPSA) is 59.5 Å². The summed E-state index contributed by atoms with van der Waals surface area (Å²) in [7, 11) is 0. The summed E-state index contributed by atoms with van der Waals surface area (Å²) in [5.41, 5.74) is 9.45. The van der Waals surface area contributed by atoms with Crippen LogP contribution in [0, 0.1) is 0 Å². The molecule has 1 atom stereocenters. The fourth-order valence-corrected chi connectivity index (χ4v) is 2.69. The molecule has 3 rings (SSSR count). The zero-order chi connectivity index (χ0) is 14.3. The molecule has 1 aromatic heterocycles. The van der Waals surface area contributed by atoms with E-state index in [4.69, 9.17) is 10.2 Å². The van der Waals surface area contributed by atoms with Gasteiger partial charge in [0.05, 0.1) is 6.17 Å². The van der Waals surface area contributed by atoms with Gasteiger partial charge in [0, 0.05) is 24.7 Å². The number of carbonyl (C=O) groups excluding carboxylic acids is 1. The molecule has 0 spiro atoms. The highest BCUT2D eigenvalue weighted by atomic mass is 16.3. The minimum Gasteiger partial charge on any atom is -0.453 e. The molecule has 1 aromatic carbocycles. The number of rotatable bonds is 3. The molecule has 20 heavy (non-hydrogen) atoms. The predicted molar refractivity (Wildman–Crippen MR) is 78.8 cm³/mol. The van der Waals surface area contributed by atoms with Crippen LogP contribution >= 0.6 is 0 Å². The highest BCUT2D eigenvalue weighted by Gasteiger charge is 2.22. The number of Topliss-reactive ketones (excluding diaryl/α,β-unsaturated/α-hetero) is 1. The minimum absolute atomic E-state index is 0.0232. The normalized spacial score (nSPS) is 15.2. The number of nitrogens with two attached hydrogens (primary N) is 1. The molecule has 1 aliphatic heterocycles. The van der Waals surface area contributed by atoms with Gasteiger partial charge in [-0.15, -0.1) is 0 Å². The van der Waals surface area contributed by atoms with Gasteiger partial charge in [-0.25, -0.2) is 0 Å². The van der Waals surface area contributed by atoms with Crippen molar-refractivity contribution in [2.75, 3.05) is 11.4 Å². The number of carbonyl (C=O) groups is 1. The zero-order valence-corrected chi connectivity index (χ0v) is 11.7. The van der Waals surface area contributed by atoms with E-state index in [1.54, 1.807) is 6.07 Å². The third-order valence-corrected chi connectivity index (χ3v) is 3.74. The summed E-state index contributed by atoms with van der Waals surface area (Å²) in [6.07, 6.45) is 1.01. The Morgan fingerprint density at radius 2 is 2.15 bits per heavy atom. The number of nitrogens with zero attached hydrogens (tertiary/aromatic N) is 1. The lowest BCUT2D eigenvalue weighted by molar-refractivity contribution is 0.0988. The Bertz CT molecular complexity index is 658. The van der Waals surface area contributed by atoms with Gasteiger partial charge in [-0.2, -0.15) is 0 Å². The first-order valence-electron chi connectivity index (χ1n) is 6.82. The third kappa shape index (κ3) is 2.12. The summed E-state index contributed by atoms with van der Waals surface area (Å²) in [5, 5.41) is 0. The number of ketones is 1. The van der Waals surface area contributed by atoms with E-state index >= 15 is 0 Å². The van der Waals surface area contributed by atoms with Gasteiger partial charge in [0.25, 0.3) is 0 Å². The van der Waals surface area contributed by atoms with Crippen LogP contribution in [0.3, 0.4) is 0 Å². The maximum Gasteiger partial charge on any atom is 0.194 e. The van der Waals surface area contributed by atoms with Crippen molar-refractivity contribution in [1.82, 2.24) is 0 Å². The Hall–Kier alpha value is -2.07. The van der Waals surface area contributed by atoms with Crippen LogP contribution in [0.2, 0.25) is 0 Å². The first-order valence-corrected chi connectivity index (χ1v) is 6.82. The van der Waals surface area contributed by atoms with E-state index in [2.05, 4.69) is 17.0 Å². The second kappa shape index (κ2) is 4.80. The number of benzene rings is 1. The summed E-state index contributed by atoms with van der Waals surface area (Å²) in [6.45, 7) is 4.45. The molecular weight excluding hydrogens is 252 g/mol. The second-order valence-electron chi connectivity index (χ2n) is 5.25. The van der Waals surface area contributed by atoms with Gasteiger partial charge >= 0.3 is 0 Å². The molecule has 0 fully saturated rings. The predicted octanol–water partition coefficient (Wildman–Crippen LogP) is 2.82. The van der Waals surface area contributed by atoms with Crippen LogP contribution in [0.1, 0.15) is 30.0 Å². The van der Waals surface area contributed by atoms with Crippen LogP contribution in [0.15, 0.2) is 34.7 Å². The molecule has 2 heterocycles. The van der Waals surface area contributed by atoms with Crippen molar-refractivity contribution >= 4 is 11.5 Å². The van der Waals surface area contributed by atoms with Gasteiger partial charge in [0.1, 0.15) is 5.76 Å². The first-order chi connectivity index (χ1) is 9.56. The summed E-state index contributed by atoms with van der Waals surface area (Å²) >= 11 is 0. The Balaban J connectivity index is 1.95. The smallest absolute Gasteiger partial charge is 0.194 e. The van der Waals surface area contributed by atoms with Gasteiger partial charge in [0.15, 0.2) is 11.5 Å². The minimum atomic E-state index is -0.0551. The monoisotopic (exact) mass is 270 g/mol. The average Bonchev–Trinajstić information content (AvgIpc) is 3.04. The SMILES string of the molecule is CC(=O)c1ccc(-c2ccc3c(c2)CCN3C(C)N)o1. The van der Waals surface area contributed by atoms with Crippen LogP contribution in [0.4, 0.5) is 5.69 Å². The molecule has 0 radical (unpaired) electrons. The Morgan fingerprint density at radius 3 is 2.80 bits per heavy atom. The summed E-state index contributed by atoms with van der Waals surface area (Å²) < 4.78 is 5.58. The summed E-state index contributed by atoms with van der Waals surface area (Å²) in [6, 6.07) is 9.79. The van der Waals surface area contributed by atoms with Crippen molar-refractivity contribution in [1.29, 1.82) is 0 Å². The molecule has 1 aliphatic rings. The van der Waals surface area contributed by atoms with Crippen LogP contribution in [-0.4, -0.2) is 18.5 Å². The first kappa shape index (κ1) is 12.9. The van der Waals surface area contributed by atoms with E-state index in [9.17, 15) is 4.79 Å².